The van der Waals surface area contributed by atoms with Gasteiger partial charge in [-0.25, -0.2) is 19.2 Å². The molecule has 0 heterocycles. The van der Waals surface area contributed by atoms with Crippen LogP contribution >= 0.6 is 0 Å². The second-order valence-electron chi connectivity index (χ2n) is 10.8. The first-order valence-corrected chi connectivity index (χ1v) is 13.9. The van der Waals surface area contributed by atoms with Gasteiger partial charge in [0, 0.05) is 12.5 Å². The van der Waals surface area contributed by atoms with E-state index in [0.29, 0.717) is 25.2 Å². The topological polar surface area (TPSA) is 156 Å². The molecule has 0 fully saturated rings. The highest BCUT2D eigenvalue weighted by Crippen LogP contribution is 2.31. The van der Waals surface area contributed by atoms with E-state index < -0.39 is 42.7 Å². The molecule has 1 rings (SSSR count). The molecule has 41 heavy (non-hydrogen) atoms. The molecule has 232 valence electrons. The van der Waals surface area contributed by atoms with Crippen LogP contribution in [0.25, 0.3) is 0 Å². The Labute approximate surface area is 241 Å². The minimum atomic E-state index is -2.23. The first kappa shape index (κ1) is 35.5. The Morgan fingerprint density at radius 3 is 1.83 bits per heavy atom. The van der Waals surface area contributed by atoms with E-state index >= 15 is 0 Å². The molecule has 1 aromatic carbocycles. The standard InChI is InChI=1S/C29H45NO11/c1-9-21(8)30-29(25(31)32,41-28(35)38-20(6)7)17-22-10-11-23(39-26(33)36-14-12-18(2)3)24(16-22)40-27(34)37-15-13-19(4)5/h10-11,16,18-21,30H,9,12-15,17H2,1-8H3,(H,31,32)/t21?,29-/m0/s1. The van der Waals surface area contributed by atoms with Gasteiger partial charge in [-0.2, -0.15) is 0 Å². The Morgan fingerprint density at radius 2 is 1.37 bits per heavy atom. The van der Waals surface area contributed by atoms with Crippen molar-refractivity contribution >= 4 is 24.4 Å². The number of carbonyl (C=O) groups excluding carboxylic acids is 3. The molecule has 1 unspecified atom stereocenters. The van der Waals surface area contributed by atoms with Crippen molar-refractivity contribution in [2.24, 2.45) is 11.8 Å². The molecule has 1 aromatic rings. The molecule has 0 spiro atoms. The molecule has 0 saturated heterocycles. The number of hydrogen-bond donors (Lipinski definition) is 2. The van der Waals surface area contributed by atoms with Crippen LogP contribution in [0.5, 0.6) is 11.5 Å². The molecule has 12 heteroatoms. The molecule has 0 aliphatic heterocycles. The van der Waals surface area contributed by atoms with E-state index in [1.807, 2.05) is 34.6 Å². The summed E-state index contributed by atoms with van der Waals surface area (Å²) in [6.07, 6.45) is -2.40. The van der Waals surface area contributed by atoms with Crippen LogP contribution in [-0.4, -0.2) is 60.6 Å². The van der Waals surface area contributed by atoms with Gasteiger partial charge in [0.1, 0.15) is 0 Å². The van der Waals surface area contributed by atoms with Crippen LogP contribution in [0.1, 0.15) is 80.2 Å². The Bertz CT molecular complexity index is 1010. The highest BCUT2D eigenvalue weighted by atomic mass is 16.8. The van der Waals surface area contributed by atoms with Crippen molar-refractivity contribution in [3.8, 4) is 11.5 Å². The third kappa shape index (κ3) is 13.6. The molecule has 2 N–H and O–H groups in total. The molecular weight excluding hydrogens is 538 g/mol. The number of nitrogens with one attached hydrogen (secondary N) is 1. The summed E-state index contributed by atoms with van der Waals surface area (Å²) >= 11 is 0. The molecule has 0 amide bonds. The van der Waals surface area contributed by atoms with Gasteiger partial charge in [0.05, 0.1) is 19.3 Å². The summed E-state index contributed by atoms with van der Waals surface area (Å²) in [5.41, 5.74) is -1.96. The molecule has 0 aliphatic carbocycles. The number of carbonyl (C=O) groups is 4. The molecule has 0 bridgehead atoms. The van der Waals surface area contributed by atoms with Crippen LogP contribution in [0.4, 0.5) is 14.4 Å². The van der Waals surface area contributed by atoms with Gasteiger partial charge in [-0.1, -0.05) is 40.7 Å². The Hall–Kier alpha value is -3.54. The number of hydrogen-bond acceptors (Lipinski definition) is 11. The van der Waals surface area contributed by atoms with Crippen molar-refractivity contribution in [3.63, 3.8) is 0 Å². The fourth-order valence-electron chi connectivity index (χ4n) is 3.26. The van der Waals surface area contributed by atoms with Crippen LogP contribution in [0, 0.1) is 11.8 Å². The first-order valence-electron chi connectivity index (χ1n) is 13.9. The fraction of sp³-hybridized carbons (Fsp3) is 0.655. The Morgan fingerprint density at radius 1 is 0.829 bits per heavy atom. The summed E-state index contributed by atoms with van der Waals surface area (Å²) in [4.78, 5) is 49.6. The van der Waals surface area contributed by atoms with Crippen LogP contribution in [0.3, 0.4) is 0 Å². The smallest absolute Gasteiger partial charge is 0.477 e. The van der Waals surface area contributed by atoms with E-state index in [4.69, 9.17) is 28.4 Å². The number of rotatable bonds is 16. The first-order chi connectivity index (χ1) is 19.2. The lowest BCUT2D eigenvalue weighted by Crippen LogP contribution is -2.59. The van der Waals surface area contributed by atoms with Crippen molar-refractivity contribution in [2.45, 2.75) is 98.9 Å². The van der Waals surface area contributed by atoms with E-state index in [2.05, 4.69) is 5.32 Å². The van der Waals surface area contributed by atoms with E-state index in [9.17, 15) is 24.3 Å². The summed E-state index contributed by atoms with van der Waals surface area (Å²) in [6, 6.07) is 3.69. The average Bonchev–Trinajstić information content (AvgIpc) is 2.84. The molecule has 0 saturated carbocycles. The lowest BCUT2D eigenvalue weighted by atomic mass is 10.00. The maximum absolute atomic E-state index is 12.5. The second-order valence-corrected chi connectivity index (χ2v) is 10.8. The van der Waals surface area contributed by atoms with Crippen molar-refractivity contribution in [3.05, 3.63) is 23.8 Å². The normalized spacial score (nSPS) is 13.3. The Balaban J connectivity index is 3.36. The zero-order chi connectivity index (χ0) is 31.2. The van der Waals surface area contributed by atoms with Crippen LogP contribution in [-0.2, 0) is 30.2 Å². The van der Waals surface area contributed by atoms with E-state index in [1.165, 1.54) is 18.2 Å². The number of carboxylic acids is 1. The van der Waals surface area contributed by atoms with E-state index in [1.54, 1.807) is 20.8 Å². The second kappa shape index (κ2) is 17.3. The minimum Gasteiger partial charge on any atom is -0.477 e. The average molecular weight is 584 g/mol. The van der Waals surface area contributed by atoms with Crippen molar-refractivity contribution < 1.29 is 52.7 Å². The minimum absolute atomic E-state index is 0.108. The zero-order valence-corrected chi connectivity index (χ0v) is 25.3. The molecule has 0 radical (unpaired) electrons. The monoisotopic (exact) mass is 583 g/mol. The van der Waals surface area contributed by atoms with Crippen molar-refractivity contribution in [1.82, 2.24) is 5.32 Å². The number of aliphatic carboxylic acids is 1. The third-order valence-electron chi connectivity index (χ3n) is 5.70. The predicted octanol–water partition coefficient (Wildman–Crippen LogP) is 6.08. The number of carboxylic acid groups (broad SMARTS) is 1. The summed E-state index contributed by atoms with van der Waals surface area (Å²) in [6.45, 7) is 14.9. The maximum atomic E-state index is 12.5. The van der Waals surface area contributed by atoms with E-state index in [0.717, 1.165) is 0 Å². The molecule has 2 atom stereocenters. The van der Waals surface area contributed by atoms with Gasteiger partial charge in [0.15, 0.2) is 11.5 Å². The van der Waals surface area contributed by atoms with Gasteiger partial charge in [-0.05, 0) is 69.6 Å². The van der Waals surface area contributed by atoms with Crippen molar-refractivity contribution in [1.29, 1.82) is 0 Å². The maximum Gasteiger partial charge on any atom is 0.513 e. The van der Waals surface area contributed by atoms with Crippen LogP contribution in [0.15, 0.2) is 18.2 Å². The van der Waals surface area contributed by atoms with Gasteiger partial charge in [0.2, 0.25) is 0 Å². The highest BCUT2D eigenvalue weighted by Gasteiger charge is 2.45. The quantitative estimate of drug-likeness (QED) is 0.100. The third-order valence-corrected chi connectivity index (χ3v) is 5.70. The predicted molar refractivity (Wildman–Crippen MR) is 149 cm³/mol. The van der Waals surface area contributed by atoms with Crippen molar-refractivity contribution in [2.75, 3.05) is 13.2 Å². The lowest BCUT2D eigenvalue weighted by molar-refractivity contribution is -0.167. The molecular formula is C29H45NO11. The van der Waals surface area contributed by atoms with Gasteiger partial charge < -0.3 is 33.5 Å². The summed E-state index contributed by atoms with van der Waals surface area (Å²) < 4.78 is 31.2. The summed E-state index contributed by atoms with van der Waals surface area (Å²) in [5.74, 6) is -1.25. The fourth-order valence-corrected chi connectivity index (χ4v) is 3.26. The van der Waals surface area contributed by atoms with Gasteiger partial charge in [0.25, 0.3) is 5.72 Å². The molecule has 0 aromatic heterocycles. The summed E-state index contributed by atoms with van der Waals surface area (Å²) in [7, 11) is 0. The van der Waals surface area contributed by atoms with Gasteiger partial charge in [-0.15, -0.1) is 0 Å². The molecule has 12 nitrogen and oxygen atoms in total. The molecule has 0 aliphatic rings. The van der Waals surface area contributed by atoms with Crippen LogP contribution < -0.4 is 14.8 Å². The highest BCUT2D eigenvalue weighted by molar-refractivity contribution is 5.80. The van der Waals surface area contributed by atoms with Crippen LogP contribution in [0.2, 0.25) is 0 Å². The summed E-state index contributed by atoms with van der Waals surface area (Å²) in [5, 5.41) is 13.0. The lowest BCUT2D eigenvalue weighted by Gasteiger charge is -2.32. The van der Waals surface area contributed by atoms with E-state index in [-0.39, 0.29) is 42.2 Å². The zero-order valence-electron chi connectivity index (χ0n) is 25.3. The SMILES string of the molecule is CCC(C)N[C@@](Cc1ccc(OC(=O)OCCC(C)C)c(OC(=O)OCCC(C)C)c1)(OC(=O)OC(C)C)C(=O)O. The largest absolute Gasteiger partial charge is 0.513 e. The Kier molecular flexibility index (Phi) is 15.0. The van der Waals surface area contributed by atoms with Gasteiger partial charge in [-0.3, -0.25) is 5.32 Å². The number of ether oxygens (including phenoxy) is 6. The van der Waals surface area contributed by atoms with Gasteiger partial charge >= 0.3 is 24.4 Å². The number of benzene rings is 1.